The van der Waals surface area contributed by atoms with Crippen molar-refractivity contribution in [3.8, 4) is 0 Å². The number of likely N-dealkylation sites (N-methyl/N-ethyl adjacent to an activating group) is 1. The van der Waals surface area contributed by atoms with Crippen LogP contribution in [0.2, 0.25) is 0 Å². The molecule has 1 saturated heterocycles. The Morgan fingerprint density at radius 2 is 1.84 bits per heavy atom. The first-order chi connectivity index (χ1) is 9.25. The third-order valence-electron chi connectivity index (χ3n) is 5.24. The Bertz CT molecular complexity index is 429. The van der Waals surface area contributed by atoms with Gasteiger partial charge >= 0.3 is 0 Å². The van der Waals surface area contributed by atoms with Gasteiger partial charge in [0.25, 0.3) is 0 Å². The predicted octanol–water partition coefficient (Wildman–Crippen LogP) is 2.88. The molecule has 2 N–H and O–H groups in total. The van der Waals surface area contributed by atoms with E-state index in [0.717, 1.165) is 12.5 Å². The van der Waals surface area contributed by atoms with Crippen LogP contribution >= 0.6 is 0 Å². The molecule has 3 rings (SSSR count). The topological polar surface area (TPSA) is 29.3 Å². The van der Waals surface area contributed by atoms with Gasteiger partial charge in [-0.2, -0.15) is 0 Å². The maximum Gasteiger partial charge on any atom is 0.00963 e. The minimum Gasteiger partial charge on any atom is -0.330 e. The van der Waals surface area contributed by atoms with Crippen molar-refractivity contribution in [2.45, 2.75) is 43.4 Å². The van der Waals surface area contributed by atoms with Gasteiger partial charge in [0.15, 0.2) is 0 Å². The standard InChI is InChI=1S/C17H26N2/c1-19-11-14(12-19)15-7-3-4-8-16(15)17(13-18)9-5-2-6-10-17/h3-4,7-8,14H,2,5-6,9-13,18H2,1H3. The van der Waals surface area contributed by atoms with Crippen molar-refractivity contribution in [3.63, 3.8) is 0 Å². The minimum absolute atomic E-state index is 0.267. The molecule has 0 amide bonds. The fourth-order valence-electron chi connectivity index (χ4n) is 4.04. The Labute approximate surface area is 117 Å². The van der Waals surface area contributed by atoms with Crippen molar-refractivity contribution < 1.29 is 0 Å². The fourth-order valence-corrected chi connectivity index (χ4v) is 4.04. The maximum absolute atomic E-state index is 6.22. The molecule has 1 saturated carbocycles. The summed E-state index contributed by atoms with van der Waals surface area (Å²) in [6.45, 7) is 3.22. The molecule has 2 aliphatic rings. The minimum atomic E-state index is 0.267. The van der Waals surface area contributed by atoms with Crippen molar-refractivity contribution in [2.75, 3.05) is 26.7 Å². The summed E-state index contributed by atoms with van der Waals surface area (Å²) in [5.74, 6) is 0.728. The highest BCUT2D eigenvalue weighted by molar-refractivity contribution is 5.39. The van der Waals surface area contributed by atoms with Gasteiger partial charge in [0.2, 0.25) is 0 Å². The van der Waals surface area contributed by atoms with Crippen LogP contribution in [0, 0.1) is 0 Å². The first-order valence-electron chi connectivity index (χ1n) is 7.73. The summed E-state index contributed by atoms with van der Waals surface area (Å²) in [7, 11) is 2.21. The summed E-state index contributed by atoms with van der Waals surface area (Å²) in [5.41, 5.74) is 9.62. The van der Waals surface area contributed by atoms with Gasteiger partial charge in [0.1, 0.15) is 0 Å². The van der Waals surface area contributed by atoms with Gasteiger partial charge < -0.3 is 10.6 Å². The van der Waals surface area contributed by atoms with Gasteiger partial charge in [-0.15, -0.1) is 0 Å². The molecule has 0 radical (unpaired) electrons. The number of hydrogen-bond acceptors (Lipinski definition) is 2. The molecule has 0 aromatic heterocycles. The second-order valence-electron chi connectivity index (χ2n) is 6.55. The van der Waals surface area contributed by atoms with Crippen LogP contribution in [-0.2, 0) is 5.41 Å². The smallest absolute Gasteiger partial charge is 0.00963 e. The Morgan fingerprint density at radius 1 is 1.16 bits per heavy atom. The number of rotatable bonds is 3. The van der Waals surface area contributed by atoms with Gasteiger partial charge in [-0.3, -0.25) is 0 Å². The quantitative estimate of drug-likeness (QED) is 0.903. The van der Waals surface area contributed by atoms with E-state index in [9.17, 15) is 0 Å². The van der Waals surface area contributed by atoms with Crippen LogP contribution in [0.15, 0.2) is 24.3 Å². The van der Waals surface area contributed by atoms with Crippen molar-refractivity contribution in [3.05, 3.63) is 35.4 Å². The lowest BCUT2D eigenvalue weighted by molar-refractivity contribution is 0.186. The van der Waals surface area contributed by atoms with Crippen LogP contribution in [0.5, 0.6) is 0 Å². The molecule has 1 aromatic carbocycles. The molecule has 0 spiro atoms. The third-order valence-corrected chi connectivity index (χ3v) is 5.24. The molecule has 0 bridgehead atoms. The largest absolute Gasteiger partial charge is 0.330 e. The number of hydrogen-bond donors (Lipinski definition) is 1. The van der Waals surface area contributed by atoms with Crippen molar-refractivity contribution >= 4 is 0 Å². The molecule has 2 heteroatoms. The summed E-state index contributed by atoms with van der Waals surface area (Å²) in [4.78, 5) is 2.40. The van der Waals surface area contributed by atoms with Crippen LogP contribution in [0.25, 0.3) is 0 Å². The van der Waals surface area contributed by atoms with E-state index in [1.54, 1.807) is 11.1 Å². The summed E-state index contributed by atoms with van der Waals surface area (Å²) >= 11 is 0. The number of likely N-dealkylation sites (tertiary alicyclic amines) is 1. The SMILES string of the molecule is CN1CC(c2ccccc2C2(CN)CCCCC2)C1. The van der Waals surface area contributed by atoms with E-state index in [0.29, 0.717) is 0 Å². The Balaban J connectivity index is 1.94. The maximum atomic E-state index is 6.22. The highest BCUT2D eigenvalue weighted by Gasteiger charge is 2.37. The van der Waals surface area contributed by atoms with Crippen LogP contribution in [0.3, 0.4) is 0 Å². The lowest BCUT2D eigenvalue weighted by atomic mass is 9.66. The highest BCUT2D eigenvalue weighted by Crippen LogP contribution is 2.42. The molecule has 1 heterocycles. The first-order valence-corrected chi connectivity index (χ1v) is 7.73. The molecular weight excluding hydrogens is 232 g/mol. The van der Waals surface area contributed by atoms with Gasteiger partial charge in [-0.1, -0.05) is 43.5 Å². The summed E-state index contributed by atoms with van der Waals surface area (Å²) in [5, 5.41) is 0. The number of nitrogens with zero attached hydrogens (tertiary/aromatic N) is 1. The zero-order chi connectivity index (χ0) is 13.3. The molecule has 1 aliphatic heterocycles. The molecule has 2 fully saturated rings. The number of nitrogens with two attached hydrogens (primary N) is 1. The van der Waals surface area contributed by atoms with Crippen LogP contribution in [0.4, 0.5) is 0 Å². The average Bonchev–Trinajstić information content (AvgIpc) is 2.45. The van der Waals surface area contributed by atoms with E-state index in [1.165, 1.54) is 45.2 Å². The summed E-state index contributed by atoms with van der Waals surface area (Å²) in [6, 6.07) is 9.10. The van der Waals surface area contributed by atoms with Crippen LogP contribution in [-0.4, -0.2) is 31.6 Å². The van der Waals surface area contributed by atoms with Crippen molar-refractivity contribution in [1.29, 1.82) is 0 Å². The number of benzene rings is 1. The Kier molecular flexibility index (Phi) is 3.64. The van der Waals surface area contributed by atoms with E-state index in [1.807, 2.05) is 0 Å². The monoisotopic (exact) mass is 258 g/mol. The van der Waals surface area contributed by atoms with E-state index < -0.39 is 0 Å². The summed E-state index contributed by atoms with van der Waals surface area (Å²) in [6.07, 6.45) is 6.63. The van der Waals surface area contributed by atoms with Gasteiger partial charge in [-0.25, -0.2) is 0 Å². The van der Waals surface area contributed by atoms with Crippen LogP contribution < -0.4 is 5.73 Å². The average molecular weight is 258 g/mol. The second kappa shape index (κ2) is 5.26. The molecule has 0 unspecified atom stereocenters. The molecule has 0 atom stereocenters. The second-order valence-corrected chi connectivity index (χ2v) is 6.55. The molecule has 1 aliphatic carbocycles. The molecule has 19 heavy (non-hydrogen) atoms. The Hall–Kier alpha value is -0.860. The van der Waals surface area contributed by atoms with Gasteiger partial charge in [0.05, 0.1) is 0 Å². The molecule has 2 nitrogen and oxygen atoms in total. The Morgan fingerprint density at radius 3 is 2.47 bits per heavy atom. The first kappa shape index (κ1) is 13.1. The lowest BCUT2D eigenvalue weighted by Gasteiger charge is -2.43. The molecule has 104 valence electrons. The third kappa shape index (κ3) is 2.32. The van der Waals surface area contributed by atoms with E-state index in [2.05, 4.69) is 36.2 Å². The zero-order valence-corrected chi connectivity index (χ0v) is 12.1. The fraction of sp³-hybridized carbons (Fsp3) is 0.647. The van der Waals surface area contributed by atoms with E-state index in [-0.39, 0.29) is 5.41 Å². The van der Waals surface area contributed by atoms with Gasteiger partial charge in [0, 0.05) is 31.0 Å². The predicted molar refractivity (Wildman–Crippen MR) is 80.5 cm³/mol. The highest BCUT2D eigenvalue weighted by atomic mass is 15.2. The van der Waals surface area contributed by atoms with Crippen molar-refractivity contribution in [2.24, 2.45) is 5.73 Å². The normalized spacial score (nSPS) is 24.1. The molecular formula is C17H26N2. The van der Waals surface area contributed by atoms with E-state index in [4.69, 9.17) is 5.73 Å². The lowest BCUT2D eigenvalue weighted by Crippen LogP contribution is -2.44. The molecule has 1 aromatic rings. The van der Waals surface area contributed by atoms with Crippen LogP contribution in [0.1, 0.15) is 49.1 Å². The van der Waals surface area contributed by atoms with Crippen molar-refractivity contribution in [1.82, 2.24) is 4.90 Å². The van der Waals surface area contributed by atoms with E-state index >= 15 is 0 Å². The summed E-state index contributed by atoms with van der Waals surface area (Å²) < 4.78 is 0. The van der Waals surface area contributed by atoms with Gasteiger partial charge in [-0.05, 0) is 31.0 Å². The zero-order valence-electron chi connectivity index (χ0n) is 12.1.